The maximum absolute atomic E-state index is 12.0. The molecule has 7 nitrogen and oxygen atoms in total. The van der Waals surface area contributed by atoms with E-state index in [9.17, 15) is 9.59 Å². The Morgan fingerprint density at radius 1 is 1.55 bits per heavy atom. The standard InChI is InChI=1S/C15H22N4O3/c1-22-13(10-16)9-14(20)18-11-4-2-5-12(8-11)19-7-3-6-17-15(19)21/h2,4-5,8,13H,3,6-7,9-10,16H2,1H3,(H,17,21)(H,18,20). The van der Waals surface area contributed by atoms with E-state index in [1.807, 2.05) is 12.1 Å². The first kappa shape index (κ1) is 16.3. The fourth-order valence-corrected chi connectivity index (χ4v) is 2.31. The molecule has 3 amide bonds. The molecule has 0 aromatic heterocycles. The van der Waals surface area contributed by atoms with Crippen molar-refractivity contribution in [1.29, 1.82) is 0 Å². The molecular weight excluding hydrogens is 284 g/mol. The number of hydrogen-bond acceptors (Lipinski definition) is 4. The number of methoxy groups -OCH3 is 1. The lowest BCUT2D eigenvalue weighted by Crippen LogP contribution is -2.46. The molecular formula is C15H22N4O3. The topological polar surface area (TPSA) is 96.7 Å². The predicted molar refractivity (Wildman–Crippen MR) is 84.9 cm³/mol. The van der Waals surface area contributed by atoms with E-state index in [2.05, 4.69) is 10.6 Å². The molecule has 120 valence electrons. The number of benzene rings is 1. The van der Waals surface area contributed by atoms with Crippen LogP contribution in [0.3, 0.4) is 0 Å². The second kappa shape index (κ2) is 7.77. The van der Waals surface area contributed by atoms with Gasteiger partial charge in [-0.2, -0.15) is 0 Å². The van der Waals surface area contributed by atoms with Crippen LogP contribution in [0.2, 0.25) is 0 Å². The minimum absolute atomic E-state index is 0.114. The molecule has 0 saturated carbocycles. The molecule has 4 N–H and O–H groups in total. The number of rotatable bonds is 6. The van der Waals surface area contributed by atoms with Gasteiger partial charge in [0.2, 0.25) is 5.91 Å². The Bertz CT molecular complexity index is 531. The Balaban J connectivity index is 2.02. The molecule has 0 radical (unpaired) electrons. The van der Waals surface area contributed by atoms with Gasteiger partial charge >= 0.3 is 6.03 Å². The molecule has 1 fully saturated rings. The SMILES string of the molecule is COC(CN)CC(=O)Nc1cccc(N2CCCNC2=O)c1. The van der Waals surface area contributed by atoms with Crippen LogP contribution in [-0.4, -0.2) is 44.8 Å². The second-order valence-corrected chi connectivity index (χ2v) is 5.13. The van der Waals surface area contributed by atoms with Crippen LogP contribution in [0.5, 0.6) is 0 Å². The first-order chi connectivity index (χ1) is 10.6. The molecule has 0 spiro atoms. The van der Waals surface area contributed by atoms with Crippen LogP contribution in [0.4, 0.5) is 16.2 Å². The molecule has 0 aliphatic carbocycles. The Morgan fingerprint density at radius 3 is 3.05 bits per heavy atom. The number of ether oxygens (including phenoxy) is 1. The number of nitrogens with zero attached hydrogens (tertiary/aromatic N) is 1. The van der Waals surface area contributed by atoms with Crippen molar-refractivity contribution in [3.8, 4) is 0 Å². The molecule has 22 heavy (non-hydrogen) atoms. The van der Waals surface area contributed by atoms with Gasteiger partial charge < -0.3 is 21.1 Å². The van der Waals surface area contributed by atoms with Gasteiger partial charge in [-0.1, -0.05) is 6.07 Å². The van der Waals surface area contributed by atoms with E-state index in [-0.39, 0.29) is 31.0 Å². The van der Waals surface area contributed by atoms with Crippen molar-refractivity contribution in [2.75, 3.05) is 37.0 Å². The van der Waals surface area contributed by atoms with Crippen LogP contribution in [-0.2, 0) is 9.53 Å². The smallest absolute Gasteiger partial charge is 0.321 e. The summed E-state index contributed by atoms with van der Waals surface area (Å²) in [5.74, 6) is -0.169. The van der Waals surface area contributed by atoms with Crippen molar-refractivity contribution in [1.82, 2.24) is 5.32 Å². The van der Waals surface area contributed by atoms with Crippen molar-refractivity contribution in [3.63, 3.8) is 0 Å². The number of hydrogen-bond donors (Lipinski definition) is 3. The largest absolute Gasteiger partial charge is 0.380 e. The minimum Gasteiger partial charge on any atom is -0.380 e. The van der Waals surface area contributed by atoms with Crippen molar-refractivity contribution in [3.05, 3.63) is 24.3 Å². The zero-order chi connectivity index (χ0) is 15.9. The van der Waals surface area contributed by atoms with E-state index >= 15 is 0 Å². The van der Waals surface area contributed by atoms with Gasteiger partial charge in [0, 0.05) is 38.1 Å². The quantitative estimate of drug-likeness (QED) is 0.727. The number of amides is 3. The summed E-state index contributed by atoms with van der Waals surface area (Å²) >= 11 is 0. The number of nitrogens with one attached hydrogen (secondary N) is 2. The molecule has 1 aliphatic rings. The lowest BCUT2D eigenvalue weighted by atomic mass is 10.2. The monoisotopic (exact) mass is 306 g/mol. The minimum atomic E-state index is -0.295. The van der Waals surface area contributed by atoms with E-state index in [0.29, 0.717) is 18.8 Å². The van der Waals surface area contributed by atoms with E-state index < -0.39 is 0 Å². The van der Waals surface area contributed by atoms with Gasteiger partial charge in [-0.05, 0) is 24.6 Å². The summed E-state index contributed by atoms with van der Waals surface area (Å²) in [6.07, 6.45) is 0.798. The van der Waals surface area contributed by atoms with Crippen molar-refractivity contribution in [2.24, 2.45) is 5.73 Å². The summed E-state index contributed by atoms with van der Waals surface area (Å²) in [7, 11) is 1.53. The summed E-state index contributed by atoms with van der Waals surface area (Å²) in [6.45, 7) is 1.66. The molecule has 1 atom stereocenters. The molecule has 0 bridgehead atoms. The Morgan fingerprint density at radius 2 is 2.36 bits per heavy atom. The highest BCUT2D eigenvalue weighted by atomic mass is 16.5. The fraction of sp³-hybridized carbons (Fsp3) is 0.467. The van der Waals surface area contributed by atoms with E-state index in [1.54, 1.807) is 17.0 Å². The molecule has 1 aromatic carbocycles. The van der Waals surface area contributed by atoms with Crippen LogP contribution in [0.15, 0.2) is 24.3 Å². The van der Waals surface area contributed by atoms with Gasteiger partial charge in [0.1, 0.15) is 0 Å². The third-order valence-corrected chi connectivity index (χ3v) is 3.53. The molecule has 2 rings (SSSR count). The number of anilines is 2. The summed E-state index contributed by atoms with van der Waals surface area (Å²) in [5.41, 5.74) is 6.91. The molecule has 1 saturated heterocycles. The number of urea groups is 1. The maximum atomic E-state index is 12.0. The van der Waals surface area contributed by atoms with Crippen LogP contribution in [0, 0.1) is 0 Å². The predicted octanol–water partition coefficient (Wildman–Crippen LogP) is 0.909. The third kappa shape index (κ3) is 4.19. The highest BCUT2D eigenvalue weighted by Crippen LogP contribution is 2.21. The fourth-order valence-electron chi connectivity index (χ4n) is 2.31. The first-order valence-electron chi connectivity index (χ1n) is 7.32. The average molecular weight is 306 g/mol. The van der Waals surface area contributed by atoms with E-state index in [1.165, 1.54) is 7.11 Å². The highest BCUT2D eigenvalue weighted by Gasteiger charge is 2.19. The summed E-state index contributed by atoms with van der Waals surface area (Å²) < 4.78 is 5.09. The number of carbonyl (C=O) groups excluding carboxylic acids is 2. The second-order valence-electron chi connectivity index (χ2n) is 5.13. The van der Waals surface area contributed by atoms with Crippen molar-refractivity contribution in [2.45, 2.75) is 18.9 Å². The summed E-state index contributed by atoms with van der Waals surface area (Å²) in [4.78, 5) is 25.5. The lowest BCUT2D eigenvalue weighted by molar-refractivity contribution is -0.118. The van der Waals surface area contributed by atoms with Crippen LogP contribution < -0.4 is 21.3 Å². The lowest BCUT2D eigenvalue weighted by Gasteiger charge is -2.27. The zero-order valence-corrected chi connectivity index (χ0v) is 12.7. The van der Waals surface area contributed by atoms with Gasteiger partial charge in [-0.25, -0.2) is 4.79 Å². The summed E-state index contributed by atoms with van der Waals surface area (Å²) in [6, 6.07) is 7.11. The Kier molecular flexibility index (Phi) is 5.74. The van der Waals surface area contributed by atoms with Gasteiger partial charge in [0.25, 0.3) is 0 Å². The Hall–Kier alpha value is -2.12. The average Bonchev–Trinajstić information content (AvgIpc) is 2.53. The summed E-state index contributed by atoms with van der Waals surface area (Å²) in [5, 5.41) is 5.60. The highest BCUT2D eigenvalue weighted by molar-refractivity contribution is 5.95. The molecule has 1 aromatic rings. The van der Waals surface area contributed by atoms with E-state index in [4.69, 9.17) is 10.5 Å². The van der Waals surface area contributed by atoms with Gasteiger partial charge in [-0.15, -0.1) is 0 Å². The van der Waals surface area contributed by atoms with Crippen LogP contribution in [0.25, 0.3) is 0 Å². The normalized spacial score (nSPS) is 16.1. The van der Waals surface area contributed by atoms with Gasteiger partial charge in [0.15, 0.2) is 0 Å². The molecule has 1 unspecified atom stereocenters. The number of carbonyl (C=O) groups is 2. The van der Waals surface area contributed by atoms with Crippen molar-refractivity contribution >= 4 is 23.3 Å². The zero-order valence-electron chi connectivity index (χ0n) is 12.7. The molecule has 1 aliphatic heterocycles. The third-order valence-electron chi connectivity index (χ3n) is 3.53. The number of nitrogens with two attached hydrogens (primary N) is 1. The maximum Gasteiger partial charge on any atom is 0.321 e. The van der Waals surface area contributed by atoms with Gasteiger partial charge in [-0.3, -0.25) is 9.69 Å². The van der Waals surface area contributed by atoms with E-state index in [0.717, 1.165) is 12.1 Å². The van der Waals surface area contributed by atoms with Gasteiger partial charge in [0.05, 0.1) is 12.5 Å². The van der Waals surface area contributed by atoms with Crippen molar-refractivity contribution < 1.29 is 14.3 Å². The van der Waals surface area contributed by atoms with Crippen LogP contribution >= 0.6 is 0 Å². The first-order valence-corrected chi connectivity index (χ1v) is 7.32. The Labute approximate surface area is 129 Å². The van der Waals surface area contributed by atoms with Crippen LogP contribution in [0.1, 0.15) is 12.8 Å². The molecule has 7 heteroatoms. The molecule has 1 heterocycles.